The fourth-order valence-corrected chi connectivity index (χ4v) is 1.82. The van der Waals surface area contributed by atoms with Gasteiger partial charge in [-0.25, -0.2) is 0 Å². The number of rotatable bonds is 8. The van der Waals surface area contributed by atoms with Crippen LogP contribution in [0.3, 0.4) is 0 Å². The van der Waals surface area contributed by atoms with Crippen molar-refractivity contribution in [3.63, 3.8) is 0 Å². The van der Waals surface area contributed by atoms with Gasteiger partial charge in [-0.2, -0.15) is 0 Å². The zero-order chi connectivity index (χ0) is 15.1. The van der Waals surface area contributed by atoms with Gasteiger partial charge in [0.1, 0.15) is 0 Å². The molecule has 1 fully saturated rings. The molecule has 114 valence electrons. The van der Waals surface area contributed by atoms with Gasteiger partial charge in [-0.05, 0) is 31.0 Å². The number of methoxy groups -OCH3 is 1. The number of carbonyl (C=O) groups excluding carboxylic acids is 2. The van der Waals surface area contributed by atoms with Crippen LogP contribution in [0.25, 0.3) is 0 Å². The third-order valence-electron chi connectivity index (χ3n) is 3.09. The van der Waals surface area contributed by atoms with Crippen LogP contribution >= 0.6 is 0 Å². The van der Waals surface area contributed by atoms with Crippen LogP contribution in [-0.4, -0.2) is 44.7 Å². The lowest BCUT2D eigenvalue weighted by Crippen LogP contribution is -2.30. The third-order valence-corrected chi connectivity index (χ3v) is 3.09. The van der Waals surface area contributed by atoms with Gasteiger partial charge in [-0.1, -0.05) is 6.07 Å². The minimum atomic E-state index is -0.147. The van der Waals surface area contributed by atoms with Crippen LogP contribution in [0.4, 0.5) is 5.69 Å². The van der Waals surface area contributed by atoms with Crippen LogP contribution in [0.5, 0.6) is 0 Å². The average Bonchev–Trinajstić information content (AvgIpc) is 3.28. The Morgan fingerprint density at radius 1 is 1.33 bits per heavy atom. The van der Waals surface area contributed by atoms with E-state index in [0.717, 1.165) is 12.8 Å². The topological polar surface area (TPSA) is 79.5 Å². The SMILES string of the molecule is COCCNCC(=O)Nc1cccc(C(=O)NC2CC2)c1. The Hall–Kier alpha value is -1.92. The van der Waals surface area contributed by atoms with Crippen molar-refractivity contribution in [1.82, 2.24) is 10.6 Å². The molecule has 0 spiro atoms. The Morgan fingerprint density at radius 2 is 2.14 bits per heavy atom. The monoisotopic (exact) mass is 291 g/mol. The minimum Gasteiger partial charge on any atom is -0.383 e. The molecule has 1 saturated carbocycles. The van der Waals surface area contributed by atoms with Gasteiger partial charge in [0.25, 0.3) is 5.91 Å². The fourth-order valence-electron chi connectivity index (χ4n) is 1.82. The summed E-state index contributed by atoms with van der Waals surface area (Å²) in [6, 6.07) is 7.27. The lowest BCUT2D eigenvalue weighted by molar-refractivity contribution is -0.115. The molecule has 0 saturated heterocycles. The summed E-state index contributed by atoms with van der Waals surface area (Å²) < 4.78 is 4.88. The summed E-state index contributed by atoms with van der Waals surface area (Å²) in [6.45, 7) is 1.39. The summed E-state index contributed by atoms with van der Waals surface area (Å²) in [7, 11) is 1.61. The normalized spacial score (nSPS) is 13.8. The van der Waals surface area contributed by atoms with Gasteiger partial charge in [0.2, 0.25) is 5.91 Å². The summed E-state index contributed by atoms with van der Waals surface area (Å²) in [5.74, 6) is -0.238. The first-order chi connectivity index (χ1) is 10.2. The van der Waals surface area contributed by atoms with Crippen LogP contribution in [0.2, 0.25) is 0 Å². The van der Waals surface area contributed by atoms with Crippen molar-refractivity contribution < 1.29 is 14.3 Å². The molecule has 1 aliphatic carbocycles. The van der Waals surface area contributed by atoms with Crippen molar-refractivity contribution in [1.29, 1.82) is 0 Å². The van der Waals surface area contributed by atoms with E-state index in [-0.39, 0.29) is 18.4 Å². The van der Waals surface area contributed by atoms with E-state index in [1.54, 1.807) is 31.4 Å². The maximum atomic E-state index is 11.9. The van der Waals surface area contributed by atoms with Gasteiger partial charge >= 0.3 is 0 Å². The molecule has 3 N–H and O–H groups in total. The van der Waals surface area contributed by atoms with Gasteiger partial charge in [0, 0.05) is 30.9 Å². The predicted molar refractivity (Wildman–Crippen MR) is 80.3 cm³/mol. The van der Waals surface area contributed by atoms with E-state index >= 15 is 0 Å². The van der Waals surface area contributed by atoms with E-state index in [9.17, 15) is 9.59 Å². The van der Waals surface area contributed by atoms with Crippen LogP contribution in [0, 0.1) is 0 Å². The lowest BCUT2D eigenvalue weighted by atomic mass is 10.2. The second kappa shape index (κ2) is 7.75. The van der Waals surface area contributed by atoms with Crippen LogP contribution < -0.4 is 16.0 Å². The highest BCUT2D eigenvalue weighted by atomic mass is 16.5. The van der Waals surface area contributed by atoms with Crippen molar-refractivity contribution in [2.24, 2.45) is 0 Å². The molecule has 0 heterocycles. The molecule has 6 heteroatoms. The number of hydrogen-bond acceptors (Lipinski definition) is 4. The first-order valence-electron chi connectivity index (χ1n) is 7.09. The van der Waals surface area contributed by atoms with E-state index in [0.29, 0.717) is 30.4 Å². The Balaban J connectivity index is 1.82. The Bertz CT molecular complexity index is 501. The molecule has 0 aliphatic heterocycles. The molecule has 2 rings (SSSR count). The number of amides is 2. The molecular formula is C15H21N3O3. The molecule has 0 atom stereocenters. The smallest absolute Gasteiger partial charge is 0.251 e. The predicted octanol–water partition coefficient (Wildman–Crippen LogP) is 0.753. The largest absolute Gasteiger partial charge is 0.383 e. The van der Waals surface area contributed by atoms with Gasteiger partial charge < -0.3 is 20.7 Å². The standard InChI is InChI=1S/C15H21N3O3/c1-21-8-7-16-10-14(19)17-13-4-2-3-11(9-13)15(20)18-12-5-6-12/h2-4,9,12,16H,5-8,10H2,1H3,(H,17,19)(H,18,20). The molecule has 2 amide bonds. The van der Waals surface area contributed by atoms with E-state index in [2.05, 4.69) is 16.0 Å². The molecule has 0 bridgehead atoms. The summed E-state index contributed by atoms with van der Waals surface area (Å²) in [5.41, 5.74) is 1.18. The molecule has 1 aliphatic rings. The van der Waals surface area contributed by atoms with Crippen LogP contribution in [-0.2, 0) is 9.53 Å². The maximum absolute atomic E-state index is 11.9. The van der Waals surface area contributed by atoms with Gasteiger partial charge in [0.05, 0.1) is 13.2 Å². The van der Waals surface area contributed by atoms with Crippen LogP contribution in [0.15, 0.2) is 24.3 Å². The van der Waals surface area contributed by atoms with Gasteiger partial charge in [-0.3, -0.25) is 9.59 Å². The number of benzene rings is 1. The first kappa shape index (κ1) is 15.5. The highest BCUT2D eigenvalue weighted by molar-refractivity contribution is 5.97. The fraction of sp³-hybridized carbons (Fsp3) is 0.467. The van der Waals surface area contributed by atoms with Crippen molar-refractivity contribution in [2.75, 3.05) is 32.1 Å². The molecule has 0 aromatic heterocycles. The maximum Gasteiger partial charge on any atom is 0.251 e. The minimum absolute atomic E-state index is 0.0909. The van der Waals surface area contributed by atoms with Gasteiger partial charge in [-0.15, -0.1) is 0 Å². The molecule has 6 nitrogen and oxygen atoms in total. The molecule has 0 unspecified atom stereocenters. The first-order valence-corrected chi connectivity index (χ1v) is 7.09. The summed E-state index contributed by atoms with van der Waals surface area (Å²) in [4.78, 5) is 23.7. The van der Waals surface area contributed by atoms with Crippen molar-refractivity contribution in [3.8, 4) is 0 Å². The second-order valence-corrected chi connectivity index (χ2v) is 5.05. The Kier molecular flexibility index (Phi) is 5.71. The number of hydrogen-bond donors (Lipinski definition) is 3. The highest BCUT2D eigenvalue weighted by Crippen LogP contribution is 2.20. The quantitative estimate of drug-likeness (QED) is 0.618. The molecular weight excluding hydrogens is 270 g/mol. The van der Waals surface area contributed by atoms with Gasteiger partial charge in [0.15, 0.2) is 0 Å². The third kappa shape index (κ3) is 5.53. The molecule has 0 radical (unpaired) electrons. The van der Waals surface area contributed by atoms with Crippen molar-refractivity contribution in [2.45, 2.75) is 18.9 Å². The van der Waals surface area contributed by atoms with E-state index in [1.165, 1.54) is 0 Å². The Morgan fingerprint density at radius 3 is 2.86 bits per heavy atom. The van der Waals surface area contributed by atoms with E-state index in [1.807, 2.05) is 0 Å². The summed E-state index contributed by atoms with van der Waals surface area (Å²) in [6.07, 6.45) is 2.10. The molecule has 21 heavy (non-hydrogen) atoms. The van der Waals surface area contributed by atoms with E-state index < -0.39 is 0 Å². The summed E-state index contributed by atoms with van der Waals surface area (Å²) >= 11 is 0. The van der Waals surface area contributed by atoms with Crippen molar-refractivity contribution >= 4 is 17.5 Å². The second-order valence-electron chi connectivity index (χ2n) is 5.05. The number of ether oxygens (including phenoxy) is 1. The zero-order valence-electron chi connectivity index (χ0n) is 12.1. The van der Waals surface area contributed by atoms with Crippen LogP contribution in [0.1, 0.15) is 23.2 Å². The molecule has 1 aromatic rings. The van der Waals surface area contributed by atoms with E-state index in [4.69, 9.17) is 4.74 Å². The average molecular weight is 291 g/mol. The molecule has 1 aromatic carbocycles. The number of nitrogens with one attached hydrogen (secondary N) is 3. The number of carbonyl (C=O) groups is 2. The number of anilines is 1. The summed E-state index contributed by atoms with van der Waals surface area (Å²) in [5, 5.41) is 8.64. The Labute approximate surface area is 124 Å². The highest BCUT2D eigenvalue weighted by Gasteiger charge is 2.23. The van der Waals surface area contributed by atoms with Crippen molar-refractivity contribution in [3.05, 3.63) is 29.8 Å². The zero-order valence-corrected chi connectivity index (χ0v) is 12.1. The lowest BCUT2D eigenvalue weighted by Gasteiger charge is -2.08.